The lowest BCUT2D eigenvalue weighted by Gasteiger charge is -2.25. The van der Waals surface area contributed by atoms with Gasteiger partial charge in [-0.2, -0.15) is 22.8 Å². The van der Waals surface area contributed by atoms with Gasteiger partial charge in [-0.05, 0) is 0 Å². The number of hydrogen-bond donors (Lipinski definition) is 8. The molecule has 0 aromatic carbocycles. The minimum atomic E-state index is -5.03. The molecule has 0 aliphatic carbocycles. The molecule has 23 nitrogen and oxygen atoms in total. The van der Waals surface area contributed by atoms with Crippen molar-refractivity contribution in [2.24, 2.45) is 0 Å². The number of H-pyrrole nitrogens is 1. The Morgan fingerprint density at radius 3 is 2.47 bits per heavy atom. The molecule has 0 saturated carbocycles. The summed E-state index contributed by atoms with van der Waals surface area (Å²) in [5.41, 5.74) is 10.9. The fraction of sp³-hybridized carbons (Fsp3) is 0.500. The first-order valence-electron chi connectivity index (χ1n) is 13.1. The second kappa shape index (κ2) is 10.7. The van der Waals surface area contributed by atoms with Crippen LogP contribution in [0, 0.1) is 0 Å². The molecule has 3 saturated heterocycles. The largest absolute Gasteiger partial charge is 0.472 e. The number of phosphoric ester groups is 1. The van der Waals surface area contributed by atoms with Crippen LogP contribution >= 0.6 is 7.82 Å². The number of nitrogens with one attached hydrogen (secondary N) is 3. The van der Waals surface area contributed by atoms with Crippen molar-refractivity contribution in [2.45, 2.75) is 49.0 Å². The summed E-state index contributed by atoms with van der Waals surface area (Å²) in [4.78, 5) is 45.2. The van der Waals surface area contributed by atoms with Crippen molar-refractivity contribution in [3.63, 3.8) is 0 Å². The Labute approximate surface area is 250 Å². The van der Waals surface area contributed by atoms with Gasteiger partial charge in [-0.15, -0.1) is 0 Å². The molecule has 3 aliphatic heterocycles. The van der Waals surface area contributed by atoms with E-state index in [9.17, 15) is 32.9 Å². The molecule has 9 atom stereocenters. The lowest BCUT2D eigenvalue weighted by molar-refractivity contribution is -0.0504. The highest BCUT2D eigenvalue weighted by atomic mass is 32.2. The quantitative estimate of drug-likeness (QED) is 0.0939. The van der Waals surface area contributed by atoms with Crippen LogP contribution in [0.1, 0.15) is 12.5 Å². The van der Waals surface area contributed by atoms with Crippen LogP contribution in [-0.2, 0) is 33.3 Å². The zero-order chi connectivity index (χ0) is 31.8. The lowest BCUT2D eigenvalue weighted by atomic mass is 10.1. The topological polar surface area (TPSA) is 332 Å². The number of anilines is 2. The van der Waals surface area contributed by atoms with Crippen molar-refractivity contribution in [2.75, 3.05) is 24.6 Å². The number of rotatable bonds is 2. The molecular formula is C20H25N12O11PS. The summed E-state index contributed by atoms with van der Waals surface area (Å²) in [5, 5.41) is 22.2. The van der Waals surface area contributed by atoms with Crippen molar-refractivity contribution in [3.8, 4) is 0 Å². The van der Waals surface area contributed by atoms with Gasteiger partial charge in [0.2, 0.25) is 5.95 Å². The zero-order valence-corrected chi connectivity index (χ0v) is 24.2. The van der Waals surface area contributed by atoms with E-state index in [1.807, 2.05) is 0 Å². The fourth-order valence-corrected chi connectivity index (χ4v) is 7.49. The maximum Gasteiger partial charge on any atom is 0.472 e. The monoisotopic (exact) mass is 672 g/mol. The average molecular weight is 673 g/mol. The summed E-state index contributed by atoms with van der Waals surface area (Å²) < 4.78 is 68.7. The van der Waals surface area contributed by atoms with Crippen LogP contribution in [0.15, 0.2) is 23.8 Å². The summed E-state index contributed by atoms with van der Waals surface area (Å²) in [6.45, 7) is -1.38. The second-order valence-corrected chi connectivity index (χ2v) is 13.2. The highest BCUT2D eigenvalue weighted by Gasteiger charge is 2.52. The summed E-state index contributed by atoms with van der Waals surface area (Å²) in [6.07, 6.45) is -6.93. The molecule has 0 amide bonds. The van der Waals surface area contributed by atoms with Gasteiger partial charge in [-0.1, -0.05) is 0 Å². The molecule has 242 valence electrons. The number of nitrogen functional groups attached to an aromatic ring is 2. The number of phosphoric acid groups is 1. The van der Waals surface area contributed by atoms with Gasteiger partial charge in [0, 0.05) is 6.54 Å². The number of nitrogens with two attached hydrogens (primary N) is 2. The lowest BCUT2D eigenvalue weighted by Crippen LogP contribution is -2.52. The third kappa shape index (κ3) is 5.24. The van der Waals surface area contributed by atoms with Crippen LogP contribution in [0.3, 0.4) is 0 Å². The Kier molecular flexibility index (Phi) is 7.13. The molecule has 25 heteroatoms. The minimum absolute atomic E-state index is 0.0456. The second-order valence-electron chi connectivity index (χ2n) is 10.3. The zero-order valence-electron chi connectivity index (χ0n) is 22.5. The van der Waals surface area contributed by atoms with E-state index in [4.69, 9.17) is 30.0 Å². The van der Waals surface area contributed by atoms with Gasteiger partial charge in [0.05, 0.1) is 25.3 Å². The van der Waals surface area contributed by atoms with Gasteiger partial charge < -0.3 is 36.0 Å². The number of imidazole rings is 2. The molecular weight excluding hydrogens is 647 g/mol. The van der Waals surface area contributed by atoms with Crippen molar-refractivity contribution >= 4 is 52.1 Å². The molecule has 3 fully saturated rings. The summed E-state index contributed by atoms with van der Waals surface area (Å²) in [6, 6.07) is -1.48. The number of nitrogens with zero attached hydrogens (tertiary/aromatic N) is 7. The summed E-state index contributed by atoms with van der Waals surface area (Å²) >= 11 is 0. The van der Waals surface area contributed by atoms with E-state index in [2.05, 4.69) is 39.3 Å². The smallest absolute Gasteiger partial charge is 0.388 e. The van der Waals surface area contributed by atoms with Crippen molar-refractivity contribution < 1.29 is 46.6 Å². The number of aliphatic hydroxyl groups is 2. The van der Waals surface area contributed by atoms with Gasteiger partial charge in [-0.3, -0.25) is 28.0 Å². The molecule has 7 rings (SSSR count). The highest BCUT2D eigenvalue weighted by molar-refractivity contribution is 7.87. The Morgan fingerprint density at radius 1 is 0.978 bits per heavy atom. The van der Waals surface area contributed by atoms with Gasteiger partial charge in [0.15, 0.2) is 35.1 Å². The van der Waals surface area contributed by atoms with Gasteiger partial charge in [-0.25, -0.2) is 24.5 Å². The fourth-order valence-electron chi connectivity index (χ4n) is 5.44. The van der Waals surface area contributed by atoms with E-state index < -0.39 is 85.8 Å². The standard InChI is InChI=1S/C20H25N12O11PS/c21-14-9-15(24-3-23-14)31(4-25-9)19-12(34)13-6(41-19)1-27-45(38,39)30-8-11(33)7(2-40-44(36,37)43-13)42-18(8)32-5-26-10-16(32)28-20(22)29-17(10)35/h3-8,11-13,18-19,27,30,33-34H,1-2H2,(H,36,37)(H2,21,23,24)(H3,22,28,29,35). The van der Waals surface area contributed by atoms with Gasteiger partial charge in [0.25, 0.3) is 15.8 Å². The predicted molar refractivity (Wildman–Crippen MR) is 147 cm³/mol. The molecule has 4 aromatic rings. The maximum absolute atomic E-state index is 13.3. The first-order chi connectivity index (χ1) is 21.3. The van der Waals surface area contributed by atoms with Crippen LogP contribution in [0.2, 0.25) is 0 Å². The molecule has 4 aromatic heterocycles. The Bertz CT molecular complexity index is 2000. The SMILES string of the molecule is Nc1nc2c(ncn2C2OC3COP(=O)(O)OC4C(CNS(=O)(=O)NC2C3O)OC(n2cnc3c(N)ncnc32)C4O)c(=O)[nH]1. The Morgan fingerprint density at radius 2 is 1.69 bits per heavy atom. The van der Waals surface area contributed by atoms with Crippen molar-refractivity contribution in [3.05, 3.63) is 29.3 Å². The molecule has 3 aliphatic rings. The van der Waals surface area contributed by atoms with E-state index in [0.29, 0.717) is 0 Å². The third-order valence-corrected chi connectivity index (χ3v) is 9.60. The highest BCUT2D eigenvalue weighted by Crippen LogP contribution is 2.49. The molecule has 9 unspecified atom stereocenters. The van der Waals surface area contributed by atoms with E-state index in [1.54, 1.807) is 0 Å². The number of hydrogen-bond acceptors (Lipinski definition) is 17. The van der Waals surface area contributed by atoms with Gasteiger partial charge >= 0.3 is 7.82 Å². The van der Waals surface area contributed by atoms with Crippen LogP contribution in [-0.4, -0.2) is 112 Å². The van der Waals surface area contributed by atoms with Crippen LogP contribution in [0.4, 0.5) is 11.8 Å². The number of aromatic amines is 1. The van der Waals surface area contributed by atoms with Crippen LogP contribution < -0.4 is 26.5 Å². The normalized spacial score (nSPS) is 35.5. The summed E-state index contributed by atoms with van der Waals surface area (Å²) in [7, 11) is -9.55. The Balaban J connectivity index is 1.21. The van der Waals surface area contributed by atoms with E-state index >= 15 is 0 Å². The number of fused-ring (bicyclic) bond motifs is 5. The molecule has 0 spiro atoms. The van der Waals surface area contributed by atoms with Crippen molar-refractivity contribution in [1.82, 2.24) is 48.5 Å². The van der Waals surface area contributed by atoms with E-state index in [1.165, 1.54) is 15.5 Å². The van der Waals surface area contributed by atoms with Crippen molar-refractivity contribution in [1.29, 1.82) is 0 Å². The molecule has 2 bridgehead atoms. The first kappa shape index (κ1) is 30.0. The molecule has 0 radical (unpaired) electrons. The van der Waals surface area contributed by atoms with E-state index in [-0.39, 0.29) is 34.1 Å². The first-order valence-corrected chi connectivity index (χ1v) is 16.0. The average Bonchev–Trinajstić information content (AvgIpc) is 3.72. The minimum Gasteiger partial charge on any atom is -0.388 e. The maximum atomic E-state index is 13.3. The Hall–Kier alpha value is -3.68. The predicted octanol–water partition coefficient (Wildman–Crippen LogP) is -4.05. The number of ether oxygens (including phenoxy) is 2. The number of aromatic nitrogens is 8. The van der Waals surface area contributed by atoms with Crippen LogP contribution in [0.25, 0.3) is 22.3 Å². The molecule has 7 heterocycles. The molecule has 10 N–H and O–H groups in total. The van der Waals surface area contributed by atoms with Crippen LogP contribution in [0.5, 0.6) is 0 Å². The van der Waals surface area contributed by atoms with Gasteiger partial charge in [0.1, 0.15) is 42.4 Å². The third-order valence-electron chi connectivity index (χ3n) is 7.49. The summed E-state index contributed by atoms with van der Waals surface area (Å²) in [5.74, 6) is -0.220. The molecule has 45 heavy (non-hydrogen) atoms. The van der Waals surface area contributed by atoms with E-state index in [0.717, 1.165) is 12.7 Å². The number of aliphatic hydroxyl groups excluding tert-OH is 2.